The van der Waals surface area contributed by atoms with Crippen molar-refractivity contribution in [2.24, 2.45) is 5.41 Å². The zero-order chi connectivity index (χ0) is 14.8. The van der Waals surface area contributed by atoms with Crippen molar-refractivity contribution in [1.82, 2.24) is 0 Å². The standard InChI is InChI=1S/C10H17O7P/c1-5-6-17-8(13)10(4,18(14,15)16)9(2,3)7(11)12/h5H,1,6H2,2-4H3,(H,11,12)(H2,14,15,16). The first-order valence-electron chi connectivity index (χ1n) is 5.00. The topological polar surface area (TPSA) is 121 Å². The normalized spacial score (nSPS) is 15.6. The highest BCUT2D eigenvalue weighted by Crippen LogP contribution is 2.59. The molecule has 8 heteroatoms. The van der Waals surface area contributed by atoms with Crippen LogP contribution in [-0.4, -0.2) is 38.6 Å². The molecule has 0 bridgehead atoms. The molecule has 0 aliphatic carbocycles. The molecular weight excluding hydrogens is 263 g/mol. The van der Waals surface area contributed by atoms with Crippen molar-refractivity contribution in [3.05, 3.63) is 12.7 Å². The predicted octanol–water partition coefficient (Wildman–Crippen LogP) is 0.763. The van der Waals surface area contributed by atoms with Gasteiger partial charge in [0.1, 0.15) is 6.61 Å². The van der Waals surface area contributed by atoms with E-state index in [-0.39, 0.29) is 6.61 Å². The Balaban J connectivity index is 5.76. The molecule has 0 fully saturated rings. The van der Waals surface area contributed by atoms with Crippen molar-refractivity contribution in [3.8, 4) is 0 Å². The van der Waals surface area contributed by atoms with Gasteiger partial charge in [-0.3, -0.25) is 14.2 Å². The van der Waals surface area contributed by atoms with Gasteiger partial charge in [0.15, 0.2) is 5.16 Å². The molecule has 0 aromatic heterocycles. The highest BCUT2D eigenvalue weighted by Gasteiger charge is 2.64. The minimum Gasteiger partial charge on any atom is -0.481 e. The molecule has 0 radical (unpaired) electrons. The van der Waals surface area contributed by atoms with Gasteiger partial charge in [0.25, 0.3) is 0 Å². The summed E-state index contributed by atoms with van der Waals surface area (Å²) < 4.78 is 16.1. The Labute approximate surface area is 105 Å². The molecule has 3 N–H and O–H groups in total. The molecule has 0 aliphatic rings. The average Bonchev–Trinajstić information content (AvgIpc) is 2.22. The minimum absolute atomic E-state index is 0.260. The van der Waals surface area contributed by atoms with Gasteiger partial charge in [-0.05, 0) is 20.8 Å². The van der Waals surface area contributed by atoms with Gasteiger partial charge in [0.05, 0.1) is 5.41 Å². The molecule has 0 aromatic carbocycles. The van der Waals surface area contributed by atoms with Crippen LogP contribution < -0.4 is 0 Å². The van der Waals surface area contributed by atoms with Gasteiger partial charge in [0.2, 0.25) is 0 Å². The third-order valence-electron chi connectivity index (χ3n) is 3.06. The smallest absolute Gasteiger partial charge is 0.343 e. The predicted molar refractivity (Wildman–Crippen MR) is 63.0 cm³/mol. The van der Waals surface area contributed by atoms with Gasteiger partial charge < -0.3 is 19.6 Å². The summed E-state index contributed by atoms with van der Waals surface area (Å²) in [6.45, 7) is 6.03. The number of carboxylic acid groups (broad SMARTS) is 1. The molecule has 1 atom stereocenters. The average molecular weight is 280 g/mol. The van der Waals surface area contributed by atoms with Crippen LogP contribution in [0.4, 0.5) is 0 Å². The zero-order valence-electron chi connectivity index (χ0n) is 10.4. The number of carboxylic acids is 1. The summed E-state index contributed by atoms with van der Waals surface area (Å²) in [5.41, 5.74) is -2.00. The second-order valence-corrected chi connectivity index (χ2v) is 6.42. The van der Waals surface area contributed by atoms with E-state index >= 15 is 0 Å². The Hall–Kier alpha value is -1.17. The fourth-order valence-electron chi connectivity index (χ4n) is 1.22. The molecule has 104 valence electrons. The van der Waals surface area contributed by atoms with Gasteiger partial charge in [-0.25, -0.2) is 0 Å². The molecule has 0 rings (SSSR count). The minimum atomic E-state index is -5.05. The van der Waals surface area contributed by atoms with Crippen LogP contribution in [0.2, 0.25) is 0 Å². The molecule has 7 nitrogen and oxygen atoms in total. The van der Waals surface area contributed by atoms with E-state index in [4.69, 9.17) is 5.11 Å². The highest BCUT2D eigenvalue weighted by atomic mass is 31.2. The maximum atomic E-state index is 11.8. The van der Waals surface area contributed by atoms with Gasteiger partial charge in [-0.2, -0.15) is 0 Å². The van der Waals surface area contributed by atoms with Crippen molar-refractivity contribution in [2.75, 3.05) is 6.61 Å². The van der Waals surface area contributed by atoms with Crippen LogP contribution in [0, 0.1) is 5.41 Å². The Kier molecular flexibility index (Phi) is 4.88. The van der Waals surface area contributed by atoms with E-state index in [9.17, 15) is 23.9 Å². The van der Waals surface area contributed by atoms with Gasteiger partial charge in [-0.1, -0.05) is 12.7 Å². The summed E-state index contributed by atoms with van der Waals surface area (Å²) in [5.74, 6) is -2.79. The number of aliphatic carboxylic acids is 1. The maximum absolute atomic E-state index is 11.8. The Morgan fingerprint density at radius 3 is 2.06 bits per heavy atom. The van der Waals surface area contributed by atoms with E-state index in [2.05, 4.69) is 11.3 Å². The van der Waals surface area contributed by atoms with Crippen molar-refractivity contribution < 1.29 is 33.8 Å². The van der Waals surface area contributed by atoms with Crippen LogP contribution in [0.5, 0.6) is 0 Å². The summed E-state index contributed by atoms with van der Waals surface area (Å²) in [4.78, 5) is 41.5. The molecule has 1 unspecified atom stereocenters. The Morgan fingerprint density at radius 2 is 1.78 bits per heavy atom. The van der Waals surface area contributed by atoms with E-state index in [0.29, 0.717) is 0 Å². The first-order valence-corrected chi connectivity index (χ1v) is 6.61. The van der Waals surface area contributed by atoms with Gasteiger partial charge >= 0.3 is 19.5 Å². The molecule has 0 saturated heterocycles. The van der Waals surface area contributed by atoms with Gasteiger partial charge in [0, 0.05) is 0 Å². The van der Waals surface area contributed by atoms with Crippen molar-refractivity contribution in [3.63, 3.8) is 0 Å². The number of esters is 1. The van der Waals surface area contributed by atoms with Crippen molar-refractivity contribution in [1.29, 1.82) is 0 Å². The first-order chi connectivity index (χ1) is 7.92. The van der Waals surface area contributed by atoms with E-state index in [1.807, 2.05) is 0 Å². The quantitative estimate of drug-likeness (QED) is 0.373. The first kappa shape index (κ1) is 16.8. The van der Waals surface area contributed by atoms with Crippen LogP contribution in [-0.2, 0) is 18.9 Å². The number of rotatable bonds is 6. The maximum Gasteiger partial charge on any atom is 0.343 e. The van der Waals surface area contributed by atoms with Crippen LogP contribution in [0.15, 0.2) is 12.7 Å². The lowest BCUT2D eigenvalue weighted by molar-refractivity contribution is -0.160. The van der Waals surface area contributed by atoms with Crippen molar-refractivity contribution >= 4 is 19.5 Å². The lowest BCUT2D eigenvalue weighted by Crippen LogP contribution is -2.53. The molecule has 0 saturated carbocycles. The second-order valence-electron chi connectivity index (χ2n) is 4.43. The number of hydrogen-bond donors (Lipinski definition) is 3. The molecular formula is C10H17O7P. The molecule has 0 heterocycles. The van der Waals surface area contributed by atoms with Gasteiger partial charge in [-0.15, -0.1) is 0 Å². The van der Waals surface area contributed by atoms with E-state index in [1.54, 1.807) is 0 Å². The van der Waals surface area contributed by atoms with E-state index in [0.717, 1.165) is 20.8 Å². The zero-order valence-corrected chi connectivity index (χ0v) is 11.3. The fraction of sp³-hybridized carbons (Fsp3) is 0.600. The van der Waals surface area contributed by atoms with Crippen LogP contribution in [0.3, 0.4) is 0 Å². The third-order valence-corrected chi connectivity index (χ3v) is 4.97. The fourth-order valence-corrected chi connectivity index (χ4v) is 2.35. The Bertz CT molecular complexity index is 408. The number of ether oxygens (including phenoxy) is 1. The number of carbonyl (C=O) groups excluding carboxylic acids is 1. The second kappa shape index (κ2) is 5.22. The van der Waals surface area contributed by atoms with Crippen LogP contribution in [0.25, 0.3) is 0 Å². The highest BCUT2D eigenvalue weighted by molar-refractivity contribution is 7.54. The summed E-state index contributed by atoms with van der Waals surface area (Å²) in [5, 5.41) is 6.57. The summed E-state index contributed by atoms with van der Waals surface area (Å²) in [6.07, 6.45) is 1.21. The monoisotopic (exact) mass is 280 g/mol. The van der Waals surface area contributed by atoms with Crippen LogP contribution in [0.1, 0.15) is 20.8 Å². The summed E-state index contributed by atoms with van der Waals surface area (Å²) >= 11 is 0. The lowest BCUT2D eigenvalue weighted by atomic mass is 9.79. The van der Waals surface area contributed by atoms with Crippen LogP contribution >= 0.6 is 7.60 Å². The molecule has 0 amide bonds. The Morgan fingerprint density at radius 1 is 1.33 bits per heavy atom. The number of hydrogen-bond acceptors (Lipinski definition) is 4. The summed E-state index contributed by atoms with van der Waals surface area (Å²) in [6, 6.07) is 0. The van der Waals surface area contributed by atoms with E-state index < -0.39 is 30.1 Å². The SMILES string of the molecule is C=CCOC(=O)C(C)(C(C)(C)C(=O)O)P(=O)(O)O. The molecule has 0 spiro atoms. The third kappa shape index (κ3) is 2.63. The molecule has 0 aromatic rings. The number of carbonyl (C=O) groups is 2. The largest absolute Gasteiger partial charge is 0.481 e. The van der Waals surface area contributed by atoms with E-state index in [1.165, 1.54) is 6.08 Å². The molecule has 0 aliphatic heterocycles. The molecule has 18 heavy (non-hydrogen) atoms. The lowest BCUT2D eigenvalue weighted by Gasteiger charge is -2.38. The van der Waals surface area contributed by atoms with Crippen molar-refractivity contribution in [2.45, 2.75) is 25.9 Å². The summed E-state index contributed by atoms with van der Waals surface area (Å²) in [7, 11) is -5.05.